The minimum absolute atomic E-state index is 0.301. The minimum atomic E-state index is -0.907. The zero-order chi connectivity index (χ0) is 16.5. The predicted octanol–water partition coefficient (Wildman–Crippen LogP) is 1.57. The number of allylic oxidation sites excluding steroid dienone is 1. The van der Waals surface area contributed by atoms with Gasteiger partial charge in [0.25, 0.3) is 0 Å². The van der Waals surface area contributed by atoms with Gasteiger partial charge in [0.1, 0.15) is 11.4 Å². The smallest absolute Gasteiger partial charge is 0.412 e. The fourth-order valence-corrected chi connectivity index (χ4v) is 2.21. The number of hydrogen-bond acceptors (Lipinski definition) is 6. The molecule has 2 aliphatic rings. The number of ether oxygens (including phenoxy) is 2. The van der Waals surface area contributed by atoms with E-state index in [9.17, 15) is 9.59 Å². The van der Waals surface area contributed by atoms with Crippen LogP contribution in [0.25, 0.3) is 0 Å². The molecule has 0 saturated heterocycles. The molecule has 0 spiro atoms. The largest absolute Gasteiger partial charge is 0.467 e. The second-order valence-corrected chi connectivity index (χ2v) is 6.35. The van der Waals surface area contributed by atoms with E-state index in [-0.39, 0.29) is 5.97 Å². The van der Waals surface area contributed by atoms with Crippen LogP contribution in [0.1, 0.15) is 27.7 Å². The van der Waals surface area contributed by atoms with Gasteiger partial charge in [0.15, 0.2) is 5.54 Å². The van der Waals surface area contributed by atoms with Gasteiger partial charge in [-0.05, 0) is 39.8 Å². The lowest BCUT2D eigenvalue weighted by Gasteiger charge is -2.33. The summed E-state index contributed by atoms with van der Waals surface area (Å²) in [6, 6.07) is 0. The molecule has 0 radical (unpaired) electrons. The third kappa shape index (κ3) is 3.13. The van der Waals surface area contributed by atoms with Gasteiger partial charge in [-0.2, -0.15) is 0 Å². The molecule has 120 valence electrons. The Balaban J connectivity index is 2.14. The first kappa shape index (κ1) is 16.1. The minimum Gasteiger partial charge on any atom is -0.467 e. The fourth-order valence-electron chi connectivity index (χ4n) is 2.21. The van der Waals surface area contributed by atoms with E-state index in [1.54, 1.807) is 50.9 Å². The second kappa shape index (κ2) is 5.47. The average molecular weight is 307 g/mol. The van der Waals surface area contributed by atoms with Crippen molar-refractivity contribution in [3.8, 4) is 0 Å². The third-order valence-corrected chi connectivity index (χ3v) is 3.28. The number of esters is 1. The molecule has 2 heterocycles. The van der Waals surface area contributed by atoms with Crippen molar-refractivity contribution in [2.24, 2.45) is 4.99 Å². The number of hydrogen-bond donors (Lipinski definition) is 1. The number of fused-ring (bicyclic) bond motifs is 1. The molecule has 7 nitrogen and oxygen atoms in total. The van der Waals surface area contributed by atoms with Crippen molar-refractivity contribution in [1.29, 1.82) is 0 Å². The molecule has 0 aliphatic carbocycles. The highest BCUT2D eigenvalue weighted by Gasteiger charge is 2.45. The van der Waals surface area contributed by atoms with Gasteiger partial charge in [-0.3, -0.25) is 10.3 Å². The van der Waals surface area contributed by atoms with Crippen molar-refractivity contribution < 1.29 is 19.1 Å². The Bertz CT molecular complexity index is 586. The molecule has 1 atom stereocenters. The van der Waals surface area contributed by atoms with E-state index in [0.29, 0.717) is 18.1 Å². The van der Waals surface area contributed by atoms with Gasteiger partial charge in [0.2, 0.25) is 0 Å². The van der Waals surface area contributed by atoms with Crippen LogP contribution < -0.4 is 5.32 Å². The summed E-state index contributed by atoms with van der Waals surface area (Å²) >= 11 is 0. The van der Waals surface area contributed by atoms with Crippen molar-refractivity contribution in [3.63, 3.8) is 0 Å². The first-order valence-corrected chi connectivity index (χ1v) is 6.98. The summed E-state index contributed by atoms with van der Waals surface area (Å²) in [6.45, 7) is 7.41. The normalized spacial score (nSPS) is 23.4. The Labute approximate surface area is 129 Å². The predicted molar refractivity (Wildman–Crippen MR) is 81.2 cm³/mol. The van der Waals surface area contributed by atoms with Crippen LogP contribution in [0.2, 0.25) is 0 Å². The molecule has 1 N–H and O–H groups in total. The number of nitrogens with one attached hydrogen (secondary N) is 1. The van der Waals surface area contributed by atoms with Crippen molar-refractivity contribution in [3.05, 3.63) is 24.0 Å². The molecule has 1 unspecified atom stereocenters. The molecular weight excluding hydrogens is 286 g/mol. The highest BCUT2D eigenvalue weighted by Crippen LogP contribution is 2.28. The Kier molecular flexibility index (Phi) is 4.00. The highest BCUT2D eigenvalue weighted by atomic mass is 16.6. The maximum absolute atomic E-state index is 12.0. The van der Waals surface area contributed by atoms with Crippen molar-refractivity contribution in [2.75, 3.05) is 13.7 Å². The van der Waals surface area contributed by atoms with Gasteiger partial charge >= 0.3 is 12.1 Å². The Morgan fingerprint density at radius 2 is 2.05 bits per heavy atom. The molecule has 0 saturated carbocycles. The highest BCUT2D eigenvalue weighted by molar-refractivity contribution is 6.02. The number of methoxy groups -OCH3 is 1. The summed E-state index contributed by atoms with van der Waals surface area (Å²) in [5.74, 6) is 0.275. The first-order valence-electron chi connectivity index (χ1n) is 6.98. The number of nitrogens with zero attached hydrogens (tertiary/aromatic N) is 2. The summed E-state index contributed by atoms with van der Waals surface area (Å²) in [6.07, 6.45) is 4.55. The number of amidine groups is 1. The van der Waals surface area contributed by atoms with E-state index in [0.717, 1.165) is 0 Å². The van der Waals surface area contributed by atoms with E-state index in [4.69, 9.17) is 9.47 Å². The Hall–Kier alpha value is -2.31. The standard InChI is InChI=1S/C15H21N3O4/c1-14(2,3)22-13(20)17-10-6-7-11-16-9-15(4,12(19)21-5)18(11)8-10/h6-8H,9H2,1-5H3,(H,17,20). The van der Waals surface area contributed by atoms with Crippen LogP contribution in [-0.4, -0.2) is 47.6 Å². The number of alkyl carbamates (subject to hydrolysis) is 1. The lowest BCUT2D eigenvalue weighted by molar-refractivity contribution is -0.149. The molecule has 0 aromatic carbocycles. The molecule has 2 aliphatic heterocycles. The lowest BCUT2D eigenvalue weighted by atomic mass is 10.0. The molecule has 0 aromatic rings. The van der Waals surface area contributed by atoms with Crippen molar-refractivity contribution in [2.45, 2.75) is 38.8 Å². The van der Waals surface area contributed by atoms with Crippen LogP contribution in [0.5, 0.6) is 0 Å². The zero-order valence-corrected chi connectivity index (χ0v) is 13.5. The van der Waals surface area contributed by atoms with Gasteiger partial charge in [-0.15, -0.1) is 0 Å². The summed E-state index contributed by atoms with van der Waals surface area (Å²) < 4.78 is 10.1. The van der Waals surface area contributed by atoms with Crippen LogP contribution in [-0.2, 0) is 14.3 Å². The van der Waals surface area contributed by atoms with Crippen molar-refractivity contribution in [1.82, 2.24) is 10.2 Å². The van der Waals surface area contributed by atoms with Gasteiger partial charge in [0, 0.05) is 6.20 Å². The molecule has 22 heavy (non-hydrogen) atoms. The molecule has 2 rings (SSSR count). The van der Waals surface area contributed by atoms with Gasteiger partial charge in [-0.25, -0.2) is 9.59 Å². The second-order valence-electron chi connectivity index (χ2n) is 6.35. The van der Waals surface area contributed by atoms with E-state index >= 15 is 0 Å². The SMILES string of the molecule is COC(=O)C1(C)CN=C2C=CC(NC(=O)OC(C)(C)C)=CN21. The number of amides is 1. The fraction of sp³-hybridized carbons (Fsp3) is 0.533. The molecule has 0 aromatic heterocycles. The molecule has 0 fully saturated rings. The van der Waals surface area contributed by atoms with Gasteiger partial charge in [-0.1, -0.05) is 0 Å². The first-order chi connectivity index (χ1) is 10.2. The van der Waals surface area contributed by atoms with E-state index in [1.807, 2.05) is 0 Å². The zero-order valence-electron chi connectivity index (χ0n) is 13.5. The van der Waals surface area contributed by atoms with Crippen LogP contribution in [0.3, 0.4) is 0 Å². The summed E-state index contributed by atoms with van der Waals surface area (Å²) in [5.41, 5.74) is -0.968. The van der Waals surface area contributed by atoms with E-state index in [2.05, 4.69) is 10.3 Å². The van der Waals surface area contributed by atoms with Gasteiger partial charge < -0.3 is 14.4 Å². The van der Waals surface area contributed by atoms with Gasteiger partial charge in [0.05, 0.1) is 19.4 Å². The average Bonchev–Trinajstić information content (AvgIpc) is 2.74. The van der Waals surface area contributed by atoms with E-state index in [1.165, 1.54) is 7.11 Å². The van der Waals surface area contributed by atoms with Crippen LogP contribution in [0.15, 0.2) is 29.0 Å². The van der Waals surface area contributed by atoms with Crippen molar-refractivity contribution >= 4 is 17.9 Å². The number of carbonyl (C=O) groups is 2. The topological polar surface area (TPSA) is 80.2 Å². The third-order valence-electron chi connectivity index (χ3n) is 3.28. The summed E-state index contributed by atoms with van der Waals surface area (Å²) in [5, 5.41) is 2.65. The molecular formula is C15H21N3O4. The summed E-state index contributed by atoms with van der Waals surface area (Å²) in [4.78, 5) is 29.8. The Morgan fingerprint density at radius 3 is 2.64 bits per heavy atom. The Morgan fingerprint density at radius 1 is 1.36 bits per heavy atom. The maximum Gasteiger partial charge on any atom is 0.412 e. The summed E-state index contributed by atoms with van der Waals surface area (Å²) in [7, 11) is 1.34. The number of carbonyl (C=O) groups excluding carboxylic acids is 2. The van der Waals surface area contributed by atoms with Crippen LogP contribution in [0.4, 0.5) is 4.79 Å². The molecule has 1 amide bonds. The van der Waals surface area contributed by atoms with Crippen LogP contribution in [0, 0.1) is 0 Å². The molecule has 7 heteroatoms. The van der Waals surface area contributed by atoms with Crippen LogP contribution >= 0.6 is 0 Å². The number of aliphatic imine (C=N–C) groups is 1. The monoisotopic (exact) mass is 307 g/mol. The maximum atomic E-state index is 12.0. The lowest BCUT2D eigenvalue weighted by Crippen LogP contribution is -2.51. The van der Waals surface area contributed by atoms with E-state index < -0.39 is 17.2 Å². The quantitative estimate of drug-likeness (QED) is 0.783. The number of rotatable bonds is 2. The molecule has 0 bridgehead atoms.